The number of methoxy groups -OCH3 is 1. The zero-order valence-electron chi connectivity index (χ0n) is 16.1. The Hall–Kier alpha value is -3.13. The third kappa shape index (κ3) is 5.48. The van der Waals surface area contributed by atoms with Gasteiger partial charge in [-0.3, -0.25) is 4.79 Å². The average Bonchev–Trinajstić information content (AvgIpc) is 3.19. The fourth-order valence-corrected chi connectivity index (χ4v) is 3.84. The second-order valence-electron chi connectivity index (χ2n) is 6.32. The SMILES string of the molecule is COC(=O)c1ccoc1CSc1ccccc1C(=O)NCCc1cc(F)cc(F)c1. The molecule has 1 heterocycles. The summed E-state index contributed by atoms with van der Waals surface area (Å²) in [6.45, 7) is 0.228. The van der Waals surface area contributed by atoms with E-state index in [4.69, 9.17) is 9.15 Å². The van der Waals surface area contributed by atoms with Crippen molar-refractivity contribution >= 4 is 23.6 Å². The summed E-state index contributed by atoms with van der Waals surface area (Å²) in [6, 6.07) is 11.8. The second kappa shape index (κ2) is 10.1. The third-order valence-corrected chi connectivity index (χ3v) is 5.34. The summed E-state index contributed by atoms with van der Waals surface area (Å²) in [5, 5.41) is 2.76. The first-order valence-electron chi connectivity index (χ1n) is 9.07. The van der Waals surface area contributed by atoms with Crippen molar-refractivity contribution in [2.45, 2.75) is 17.1 Å². The normalized spacial score (nSPS) is 10.6. The van der Waals surface area contributed by atoms with Crippen LogP contribution in [0.5, 0.6) is 0 Å². The number of rotatable bonds is 8. The van der Waals surface area contributed by atoms with Crippen LogP contribution in [0.15, 0.2) is 64.1 Å². The number of halogens is 2. The van der Waals surface area contributed by atoms with Gasteiger partial charge in [-0.2, -0.15) is 0 Å². The predicted octanol–water partition coefficient (Wildman–Crippen LogP) is 4.61. The Morgan fingerprint density at radius 2 is 1.80 bits per heavy atom. The van der Waals surface area contributed by atoms with E-state index in [9.17, 15) is 18.4 Å². The number of hydrogen-bond donors (Lipinski definition) is 1. The lowest BCUT2D eigenvalue weighted by Gasteiger charge is -2.10. The van der Waals surface area contributed by atoms with Crippen molar-refractivity contribution in [3.05, 3.63) is 88.9 Å². The zero-order chi connectivity index (χ0) is 21.5. The van der Waals surface area contributed by atoms with E-state index in [0.29, 0.717) is 39.5 Å². The highest BCUT2D eigenvalue weighted by atomic mass is 32.2. The van der Waals surface area contributed by atoms with Crippen LogP contribution in [0, 0.1) is 11.6 Å². The van der Waals surface area contributed by atoms with E-state index in [0.717, 1.165) is 6.07 Å². The predicted molar refractivity (Wildman–Crippen MR) is 108 cm³/mol. The number of esters is 1. The Morgan fingerprint density at radius 1 is 1.07 bits per heavy atom. The molecule has 0 saturated heterocycles. The monoisotopic (exact) mass is 431 g/mol. The molecule has 2 aromatic carbocycles. The highest BCUT2D eigenvalue weighted by molar-refractivity contribution is 7.98. The molecule has 0 saturated carbocycles. The van der Waals surface area contributed by atoms with Crippen LogP contribution in [0.25, 0.3) is 0 Å². The van der Waals surface area contributed by atoms with Crippen molar-refractivity contribution in [2.24, 2.45) is 0 Å². The molecule has 1 N–H and O–H groups in total. The van der Waals surface area contributed by atoms with Gasteiger partial charge in [0.15, 0.2) is 0 Å². The number of carbonyl (C=O) groups is 2. The van der Waals surface area contributed by atoms with Crippen LogP contribution in [-0.4, -0.2) is 25.5 Å². The Kier molecular flexibility index (Phi) is 7.24. The van der Waals surface area contributed by atoms with Crippen LogP contribution < -0.4 is 5.32 Å². The molecule has 0 fully saturated rings. The summed E-state index contributed by atoms with van der Waals surface area (Å²) in [4.78, 5) is 25.1. The lowest BCUT2D eigenvalue weighted by Crippen LogP contribution is -2.26. The minimum atomic E-state index is -0.651. The molecule has 1 amide bonds. The van der Waals surface area contributed by atoms with Gasteiger partial charge in [0.05, 0.1) is 24.7 Å². The second-order valence-corrected chi connectivity index (χ2v) is 7.33. The summed E-state index contributed by atoms with van der Waals surface area (Å²) in [5.41, 5.74) is 1.26. The van der Waals surface area contributed by atoms with E-state index in [1.807, 2.05) is 0 Å². The van der Waals surface area contributed by atoms with Crippen molar-refractivity contribution in [1.29, 1.82) is 0 Å². The molecular formula is C22H19F2NO4S. The summed E-state index contributed by atoms with van der Waals surface area (Å²) >= 11 is 1.35. The van der Waals surface area contributed by atoms with Gasteiger partial charge in [0.25, 0.3) is 5.91 Å². The van der Waals surface area contributed by atoms with Crippen LogP contribution in [0.1, 0.15) is 32.0 Å². The Balaban J connectivity index is 1.62. The van der Waals surface area contributed by atoms with Crippen LogP contribution in [0.4, 0.5) is 8.78 Å². The number of amides is 1. The molecule has 156 valence electrons. The van der Waals surface area contributed by atoms with Crippen LogP contribution in [0.3, 0.4) is 0 Å². The van der Waals surface area contributed by atoms with Gasteiger partial charge in [0.1, 0.15) is 23.0 Å². The summed E-state index contributed by atoms with van der Waals surface area (Å²) in [7, 11) is 1.30. The van der Waals surface area contributed by atoms with Crippen molar-refractivity contribution < 1.29 is 27.5 Å². The number of nitrogens with one attached hydrogen (secondary N) is 1. The Labute approximate surface area is 176 Å². The largest absolute Gasteiger partial charge is 0.468 e. The fraction of sp³-hybridized carbons (Fsp3) is 0.182. The van der Waals surface area contributed by atoms with Gasteiger partial charge in [0, 0.05) is 17.5 Å². The molecule has 0 aliphatic heterocycles. The summed E-state index contributed by atoms with van der Waals surface area (Å²) in [5.74, 6) is -1.30. The molecular weight excluding hydrogens is 412 g/mol. The smallest absolute Gasteiger partial charge is 0.341 e. The van der Waals surface area contributed by atoms with E-state index in [2.05, 4.69) is 5.32 Å². The molecule has 0 aliphatic rings. The minimum Gasteiger partial charge on any atom is -0.468 e. The number of thioether (sulfide) groups is 1. The van der Waals surface area contributed by atoms with E-state index in [1.165, 1.54) is 43.3 Å². The number of furan rings is 1. The highest BCUT2D eigenvalue weighted by Gasteiger charge is 2.17. The van der Waals surface area contributed by atoms with E-state index in [1.54, 1.807) is 24.3 Å². The standard InChI is InChI=1S/C22H19F2NO4S/c1-28-22(27)17-7-9-29-19(17)13-30-20-5-3-2-4-18(20)21(26)25-8-6-14-10-15(23)12-16(24)11-14/h2-5,7,9-12H,6,8,13H2,1H3,(H,25,26). The molecule has 3 aromatic rings. The van der Waals surface area contributed by atoms with Crippen LogP contribution in [-0.2, 0) is 16.9 Å². The molecule has 5 nitrogen and oxygen atoms in total. The summed E-state index contributed by atoms with van der Waals surface area (Å²) < 4.78 is 36.6. The van der Waals surface area contributed by atoms with Crippen molar-refractivity contribution in [3.63, 3.8) is 0 Å². The maximum atomic E-state index is 13.3. The first-order valence-corrected chi connectivity index (χ1v) is 10.1. The first-order chi connectivity index (χ1) is 14.5. The number of ether oxygens (including phenoxy) is 1. The van der Waals surface area contributed by atoms with Gasteiger partial charge < -0.3 is 14.5 Å². The molecule has 30 heavy (non-hydrogen) atoms. The van der Waals surface area contributed by atoms with Crippen molar-refractivity contribution in [2.75, 3.05) is 13.7 Å². The molecule has 0 radical (unpaired) electrons. The quantitative estimate of drug-likeness (QED) is 0.417. The number of hydrogen-bond acceptors (Lipinski definition) is 5. The first kappa shape index (κ1) is 21.6. The molecule has 0 spiro atoms. The number of benzene rings is 2. The maximum Gasteiger partial charge on any atom is 0.341 e. The molecule has 1 aromatic heterocycles. The Bertz CT molecular complexity index is 1030. The van der Waals surface area contributed by atoms with Gasteiger partial charge in [-0.05, 0) is 42.3 Å². The fourth-order valence-electron chi connectivity index (χ4n) is 2.84. The lowest BCUT2D eigenvalue weighted by molar-refractivity contribution is 0.0598. The average molecular weight is 431 g/mol. The minimum absolute atomic E-state index is 0.228. The molecule has 0 atom stereocenters. The summed E-state index contributed by atoms with van der Waals surface area (Å²) in [6.07, 6.45) is 1.71. The van der Waals surface area contributed by atoms with Gasteiger partial charge >= 0.3 is 5.97 Å². The Morgan fingerprint density at radius 3 is 2.53 bits per heavy atom. The molecule has 0 unspecified atom stereocenters. The zero-order valence-corrected chi connectivity index (χ0v) is 16.9. The number of carbonyl (C=O) groups excluding carboxylic acids is 2. The van der Waals surface area contributed by atoms with Gasteiger partial charge in [-0.1, -0.05) is 12.1 Å². The van der Waals surface area contributed by atoms with Crippen molar-refractivity contribution in [3.8, 4) is 0 Å². The highest BCUT2D eigenvalue weighted by Crippen LogP contribution is 2.28. The van der Waals surface area contributed by atoms with Gasteiger partial charge in [0.2, 0.25) is 0 Å². The molecule has 3 rings (SSSR count). The lowest BCUT2D eigenvalue weighted by atomic mass is 10.1. The van der Waals surface area contributed by atoms with Crippen LogP contribution >= 0.6 is 11.8 Å². The van der Waals surface area contributed by atoms with Crippen molar-refractivity contribution in [1.82, 2.24) is 5.32 Å². The maximum absolute atomic E-state index is 13.3. The molecule has 0 bridgehead atoms. The topological polar surface area (TPSA) is 68.5 Å². The van der Waals surface area contributed by atoms with E-state index >= 15 is 0 Å². The van der Waals surface area contributed by atoms with Gasteiger partial charge in [-0.25, -0.2) is 13.6 Å². The molecule has 0 aliphatic carbocycles. The van der Waals surface area contributed by atoms with Crippen LogP contribution in [0.2, 0.25) is 0 Å². The molecule has 8 heteroatoms. The van der Waals surface area contributed by atoms with E-state index in [-0.39, 0.29) is 12.5 Å². The van der Waals surface area contributed by atoms with E-state index < -0.39 is 17.6 Å². The third-order valence-electron chi connectivity index (χ3n) is 4.26. The van der Waals surface area contributed by atoms with Gasteiger partial charge in [-0.15, -0.1) is 11.8 Å².